The standard InChI is InChI=1S/C19H26FN7O4/c1-31-13-6-11(20)15(22)14-16(13)27(19(30)26(17(14)28)10-2-3-10)25-5-4-9(8-25)12(21)7-24-18(23)29/h6,9-10,12H,2-5,7-8,21-22H2,1H3,(H3,23,24,29)/t9-,12-/m1/s1. The number of benzene rings is 1. The van der Waals surface area contributed by atoms with Gasteiger partial charge in [0.15, 0.2) is 5.82 Å². The number of rotatable bonds is 6. The smallest absolute Gasteiger partial charge is 0.350 e. The van der Waals surface area contributed by atoms with Crippen LogP contribution in [0.3, 0.4) is 0 Å². The Hall–Kier alpha value is -3.28. The van der Waals surface area contributed by atoms with Crippen molar-refractivity contribution in [2.75, 3.05) is 37.5 Å². The molecular weight excluding hydrogens is 409 g/mol. The molecule has 2 aliphatic rings. The molecule has 168 valence electrons. The van der Waals surface area contributed by atoms with Crippen LogP contribution >= 0.6 is 0 Å². The second-order valence-corrected chi connectivity index (χ2v) is 8.07. The Balaban J connectivity index is 1.84. The van der Waals surface area contributed by atoms with Gasteiger partial charge >= 0.3 is 11.7 Å². The lowest BCUT2D eigenvalue weighted by atomic mass is 10.00. The van der Waals surface area contributed by atoms with Gasteiger partial charge < -0.3 is 32.3 Å². The molecule has 2 heterocycles. The molecule has 7 N–H and O–H groups in total. The van der Waals surface area contributed by atoms with Crippen molar-refractivity contribution in [3.05, 3.63) is 32.7 Å². The Bertz CT molecular complexity index is 1160. The third-order valence-corrected chi connectivity index (χ3v) is 6.02. The van der Waals surface area contributed by atoms with Crippen LogP contribution < -0.4 is 43.5 Å². The van der Waals surface area contributed by atoms with Gasteiger partial charge in [-0.05, 0) is 25.2 Å². The monoisotopic (exact) mass is 435 g/mol. The van der Waals surface area contributed by atoms with Crippen LogP contribution in [0.25, 0.3) is 10.9 Å². The van der Waals surface area contributed by atoms with E-state index in [1.807, 2.05) is 0 Å². The van der Waals surface area contributed by atoms with Crippen molar-refractivity contribution in [1.82, 2.24) is 14.6 Å². The van der Waals surface area contributed by atoms with E-state index in [1.165, 1.54) is 11.8 Å². The predicted octanol–water partition coefficient (Wildman–Crippen LogP) is -0.818. The fourth-order valence-electron chi connectivity index (χ4n) is 4.22. The van der Waals surface area contributed by atoms with Gasteiger partial charge in [-0.3, -0.25) is 9.36 Å². The van der Waals surface area contributed by atoms with E-state index < -0.39 is 23.1 Å². The summed E-state index contributed by atoms with van der Waals surface area (Å²) >= 11 is 0. The highest BCUT2D eigenvalue weighted by Crippen LogP contribution is 2.35. The van der Waals surface area contributed by atoms with Gasteiger partial charge in [0.2, 0.25) is 0 Å². The number of fused-ring (bicyclic) bond motifs is 1. The molecule has 4 rings (SSSR count). The SMILES string of the molecule is COc1cc(F)c(N)c2c(=O)n(C3CC3)c(=O)n(N3CC[C@@H]([C@H](N)CNC(N)=O)C3)c12. The first kappa shape index (κ1) is 21.0. The maximum Gasteiger partial charge on any atom is 0.350 e. The van der Waals surface area contributed by atoms with Crippen molar-refractivity contribution in [2.45, 2.75) is 31.3 Å². The lowest BCUT2D eigenvalue weighted by Crippen LogP contribution is -2.50. The number of carbonyl (C=O) groups excluding carboxylic acids is 1. The Morgan fingerprint density at radius 1 is 1.35 bits per heavy atom. The number of hydrogen-bond acceptors (Lipinski definition) is 7. The van der Waals surface area contributed by atoms with Gasteiger partial charge in [-0.1, -0.05) is 0 Å². The topological polar surface area (TPSA) is 164 Å². The number of anilines is 1. The first-order chi connectivity index (χ1) is 14.7. The molecule has 2 aromatic rings. The van der Waals surface area contributed by atoms with Crippen LogP contribution in [0, 0.1) is 11.7 Å². The van der Waals surface area contributed by atoms with E-state index in [1.54, 1.807) is 5.01 Å². The van der Waals surface area contributed by atoms with Crippen molar-refractivity contribution in [2.24, 2.45) is 17.4 Å². The molecule has 1 aromatic carbocycles. The maximum absolute atomic E-state index is 14.4. The van der Waals surface area contributed by atoms with E-state index in [4.69, 9.17) is 21.9 Å². The number of urea groups is 1. The van der Waals surface area contributed by atoms with Crippen molar-refractivity contribution >= 4 is 22.6 Å². The molecule has 1 aromatic heterocycles. The van der Waals surface area contributed by atoms with E-state index >= 15 is 0 Å². The Morgan fingerprint density at radius 3 is 2.68 bits per heavy atom. The van der Waals surface area contributed by atoms with E-state index in [9.17, 15) is 18.8 Å². The molecule has 12 heteroatoms. The third-order valence-electron chi connectivity index (χ3n) is 6.02. The summed E-state index contributed by atoms with van der Waals surface area (Å²) in [6.45, 7) is 1.06. The van der Waals surface area contributed by atoms with E-state index in [0.29, 0.717) is 32.4 Å². The number of primary amides is 1. The van der Waals surface area contributed by atoms with Crippen LogP contribution in [0.1, 0.15) is 25.3 Å². The fraction of sp³-hybridized carbons (Fsp3) is 0.526. The maximum atomic E-state index is 14.4. The minimum absolute atomic E-state index is 0.0427. The van der Waals surface area contributed by atoms with Gasteiger partial charge in [-0.15, -0.1) is 0 Å². The van der Waals surface area contributed by atoms with Gasteiger partial charge in [0.25, 0.3) is 5.56 Å². The third kappa shape index (κ3) is 3.56. The number of nitrogens with one attached hydrogen (secondary N) is 1. The molecule has 1 saturated carbocycles. The molecule has 11 nitrogen and oxygen atoms in total. The number of nitrogens with two attached hydrogens (primary N) is 3. The highest BCUT2D eigenvalue weighted by molar-refractivity contribution is 5.94. The van der Waals surface area contributed by atoms with Crippen molar-refractivity contribution in [3.63, 3.8) is 0 Å². The number of halogens is 1. The molecule has 2 atom stereocenters. The molecule has 1 saturated heterocycles. The quantitative estimate of drug-likeness (QED) is 0.431. The summed E-state index contributed by atoms with van der Waals surface area (Å²) in [5, 5.41) is 4.18. The highest BCUT2D eigenvalue weighted by Gasteiger charge is 2.35. The second-order valence-electron chi connectivity index (χ2n) is 8.07. The normalized spacial score (nSPS) is 19.6. The molecule has 1 aliphatic heterocycles. The molecule has 2 amide bonds. The van der Waals surface area contributed by atoms with Crippen LogP contribution in [-0.2, 0) is 0 Å². The van der Waals surface area contributed by atoms with Gasteiger partial charge in [0.1, 0.15) is 11.3 Å². The molecule has 0 spiro atoms. The first-order valence-electron chi connectivity index (χ1n) is 10.1. The summed E-state index contributed by atoms with van der Waals surface area (Å²) in [5.74, 6) is -0.784. The number of nitrogens with zero attached hydrogens (tertiary/aromatic N) is 3. The van der Waals surface area contributed by atoms with Crippen LogP contribution in [-0.4, -0.2) is 48.1 Å². The molecular formula is C19H26FN7O4. The van der Waals surface area contributed by atoms with E-state index in [2.05, 4.69) is 5.32 Å². The van der Waals surface area contributed by atoms with E-state index in [-0.39, 0.29) is 46.9 Å². The fourth-order valence-corrected chi connectivity index (χ4v) is 4.22. The highest BCUT2D eigenvalue weighted by atomic mass is 19.1. The number of aromatic nitrogens is 2. The predicted molar refractivity (Wildman–Crippen MR) is 113 cm³/mol. The van der Waals surface area contributed by atoms with Crippen LogP contribution in [0.15, 0.2) is 15.7 Å². The summed E-state index contributed by atoms with van der Waals surface area (Å²) in [6.07, 6.45) is 2.04. The lowest BCUT2D eigenvalue weighted by Gasteiger charge is -2.26. The number of nitrogen functional groups attached to an aromatic ring is 1. The Kier molecular flexibility index (Phi) is 5.25. The molecule has 0 bridgehead atoms. The number of carbonyl (C=O) groups is 1. The van der Waals surface area contributed by atoms with Crippen LogP contribution in [0.2, 0.25) is 0 Å². The second kappa shape index (κ2) is 7.76. The summed E-state index contributed by atoms with van der Waals surface area (Å²) in [6, 6.07) is -0.195. The summed E-state index contributed by atoms with van der Waals surface area (Å²) in [7, 11) is 1.34. The molecule has 1 aliphatic carbocycles. The minimum atomic E-state index is -0.784. The summed E-state index contributed by atoms with van der Waals surface area (Å²) < 4.78 is 22.3. The first-order valence-corrected chi connectivity index (χ1v) is 10.1. The number of ether oxygens (including phenoxy) is 1. The number of amides is 2. The summed E-state index contributed by atoms with van der Waals surface area (Å²) in [4.78, 5) is 37.5. The Morgan fingerprint density at radius 2 is 2.06 bits per heavy atom. The van der Waals surface area contributed by atoms with Gasteiger partial charge in [0.05, 0.1) is 18.2 Å². The molecule has 0 radical (unpaired) electrons. The number of methoxy groups -OCH3 is 1. The zero-order chi connectivity index (χ0) is 22.4. The lowest BCUT2D eigenvalue weighted by molar-refractivity contribution is 0.247. The molecule has 0 unspecified atom stereocenters. The van der Waals surface area contributed by atoms with Crippen molar-refractivity contribution in [3.8, 4) is 5.75 Å². The van der Waals surface area contributed by atoms with Gasteiger partial charge in [0, 0.05) is 37.8 Å². The van der Waals surface area contributed by atoms with Gasteiger partial charge in [-0.2, -0.15) is 0 Å². The number of hydrogen-bond donors (Lipinski definition) is 4. The molecule has 2 fully saturated rings. The van der Waals surface area contributed by atoms with Crippen LogP contribution in [0.4, 0.5) is 14.9 Å². The Labute approximate surface area is 176 Å². The summed E-state index contributed by atoms with van der Waals surface area (Å²) in [5.41, 5.74) is 15.9. The van der Waals surface area contributed by atoms with Crippen molar-refractivity contribution in [1.29, 1.82) is 0 Å². The van der Waals surface area contributed by atoms with Gasteiger partial charge in [-0.25, -0.2) is 18.7 Å². The van der Waals surface area contributed by atoms with Crippen LogP contribution in [0.5, 0.6) is 5.75 Å². The minimum Gasteiger partial charge on any atom is -0.494 e. The largest absolute Gasteiger partial charge is 0.494 e. The molecule has 31 heavy (non-hydrogen) atoms. The average Bonchev–Trinajstić information content (AvgIpc) is 3.44. The zero-order valence-electron chi connectivity index (χ0n) is 17.1. The van der Waals surface area contributed by atoms with Crippen molar-refractivity contribution < 1.29 is 13.9 Å². The van der Waals surface area contributed by atoms with E-state index in [0.717, 1.165) is 10.6 Å². The zero-order valence-corrected chi connectivity index (χ0v) is 17.1. The average molecular weight is 435 g/mol.